The van der Waals surface area contributed by atoms with Crippen LogP contribution in [0.15, 0.2) is 23.1 Å². The lowest BCUT2D eigenvalue weighted by atomic mass is 10.1. The molecule has 1 aliphatic rings. The van der Waals surface area contributed by atoms with Gasteiger partial charge in [-0.15, -0.1) is 11.8 Å². The third-order valence-electron chi connectivity index (χ3n) is 3.21. The summed E-state index contributed by atoms with van der Waals surface area (Å²) in [5.41, 5.74) is 7.75. The Morgan fingerprint density at radius 1 is 1.53 bits per heavy atom. The van der Waals surface area contributed by atoms with Crippen LogP contribution in [0.3, 0.4) is 0 Å². The molecule has 2 unspecified atom stereocenters. The average molecular weight is 250 g/mol. The maximum Gasteiger partial charge on any atom is 0.248 e. The molecule has 17 heavy (non-hydrogen) atoms. The number of benzene rings is 1. The van der Waals surface area contributed by atoms with Gasteiger partial charge in [-0.05, 0) is 18.6 Å². The molecule has 92 valence electrons. The monoisotopic (exact) mass is 250 g/mol. The van der Waals surface area contributed by atoms with Crippen molar-refractivity contribution in [1.82, 2.24) is 0 Å². The Kier molecular flexibility index (Phi) is 3.45. The second-order valence-corrected chi connectivity index (χ2v) is 5.94. The summed E-state index contributed by atoms with van der Waals surface area (Å²) in [7, 11) is 1.78. The van der Waals surface area contributed by atoms with Crippen molar-refractivity contribution >= 4 is 23.4 Å². The molecule has 1 aromatic rings. The summed E-state index contributed by atoms with van der Waals surface area (Å²) in [5, 5.41) is 0.587. The molecule has 0 spiro atoms. The number of likely N-dealkylation sites (N-methyl/N-ethyl adjacent to an activating group) is 1. The van der Waals surface area contributed by atoms with Gasteiger partial charge in [0.15, 0.2) is 0 Å². The zero-order valence-corrected chi connectivity index (χ0v) is 11.3. The average Bonchev–Trinajstić information content (AvgIpc) is 2.54. The first kappa shape index (κ1) is 12.5. The quantitative estimate of drug-likeness (QED) is 0.839. The summed E-state index contributed by atoms with van der Waals surface area (Å²) >= 11 is 1.84. The predicted molar refractivity (Wildman–Crippen MR) is 72.4 cm³/mol. The number of anilines is 1. The van der Waals surface area contributed by atoms with Gasteiger partial charge in [-0.2, -0.15) is 0 Å². The molecule has 1 aromatic carbocycles. The SMILES string of the molecule is CCC(C)Sc1ccc2c(c1)N(C)C(=O)C2N. The van der Waals surface area contributed by atoms with Gasteiger partial charge in [-0.3, -0.25) is 4.79 Å². The first-order valence-electron chi connectivity index (χ1n) is 5.88. The van der Waals surface area contributed by atoms with Gasteiger partial charge in [0.25, 0.3) is 0 Å². The van der Waals surface area contributed by atoms with E-state index in [1.54, 1.807) is 11.9 Å². The number of hydrogen-bond acceptors (Lipinski definition) is 3. The number of thioether (sulfide) groups is 1. The molecule has 0 saturated heterocycles. The zero-order valence-electron chi connectivity index (χ0n) is 10.4. The lowest BCUT2D eigenvalue weighted by Crippen LogP contribution is -2.27. The van der Waals surface area contributed by atoms with Crippen LogP contribution in [0.5, 0.6) is 0 Å². The molecule has 0 fully saturated rings. The van der Waals surface area contributed by atoms with Crippen molar-refractivity contribution in [3.05, 3.63) is 23.8 Å². The van der Waals surface area contributed by atoms with Crippen LogP contribution in [0.4, 0.5) is 5.69 Å². The van der Waals surface area contributed by atoms with Crippen LogP contribution in [0.25, 0.3) is 0 Å². The summed E-state index contributed by atoms with van der Waals surface area (Å²) < 4.78 is 0. The van der Waals surface area contributed by atoms with Crippen molar-refractivity contribution in [2.24, 2.45) is 5.73 Å². The number of hydrogen-bond donors (Lipinski definition) is 1. The largest absolute Gasteiger partial charge is 0.316 e. The zero-order chi connectivity index (χ0) is 12.6. The van der Waals surface area contributed by atoms with E-state index >= 15 is 0 Å². The Bertz CT molecular complexity index is 447. The molecule has 0 radical (unpaired) electrons. The van der Waals surface area contributed by atoms with Gasteiger partial charge in [0, 0.05) is 28.4 Å². The van der Waals surface area contributed by atoms with E-state index in [4.69, 9.17) is 5.73 Å². The number of nitrogens with two attached hydrogens (primary N) is 1. The molecular formula is C13H18N2OS. The van der Waals surface area contributed by atoms with E-state index in [1.807, 2.05) is 17.8 Å². The van der Waals surface area contributed by atoms with E-state index < -0.39 is 6.04 Å². The van der Waals surface area contributed by atoms with E-state index in [-0.39, 0.29) is 5.91 Å². The van der Waals surface area contributed by atoms with Crippen LogP contribution in [0.2, 0.25) is 0 Å². The predicted octanol–water partition coefficient (Wildman–Crippen LogP) is 2.55. The normalized spacial score (nSPS) is 20.6. The Morgan fingerprint density at radius 2 is 2.24 bits per heavy atom. The van der Waals surface area contributed by atoms with Gasteiger partial charge in [-0.25, -0.2) is 0 Å². The van der Waals surface area contributed by atoms with Crippen LogP contribution < -0.4 is 10.6 Å². The van der Waals surface area contributed by atoms with Crippen molar-refractivity contribution in [2.45, 2.75) is 36.5 Å². The van der Waals surface area contributed by atoms with Crippen molar-refractivity contribution in [1.29, 1.82) is 0 Å². The van der Waals surface area contributed by atoms with Gasteiger partial charge >= 0.3 is 0 Å². The minimum Gasteiger partial charge on any atom is -0.316 e. The highest BCUT2D eigenvalue weighted by Crippen LogP contribution is 2.37. The molecular weight excluding hydrogens is 232 g/mol. The minimum absolute atomic E-state index is 0.0225. The lowest BCUT2D eigenvalue weighted by Gasteiger charge is -2.13. The van der Waals surface area contributed by atoms with Crippen LogP contribution >= 0.6 is 11.8 Å². The van der Waals surface area contributed by atoms with Crippen LogP contribution in [0, 0.1) is 0 Å². The first-order valence-corrected chi connectivity index (χ1v) is 6.76. The Labute approximate surface area is 106 Å². The highest BCUT2D eigenvalue weighted by Gasteiger charge is 2.32. The Hall–Kier alpha value is -1.00. The molecule has 2 atom stereocenters. The standard InChI is InChI=1S/C13H18N2OS/c1-4-8(2)17-9-5-6-10-11(7-9)15(3)13(16)12(10)14/h5-8,12H,4,14H2,1-3H3. The number of carbonyl (C=O) groups excluding carboxylic acids is 1. The molecule has 3 nitrogen and oxygen atoms in total. The Balaban J connectivity index is 2.30. The van der Waals surface area contributed by atoms with Crippen LogP contribution in [-0.2, 0) is 4.79 Å². The van der Waals surface area contributed by atoms with E-state index in [0.717, 1.165) is 17.7 Å². The van der Waals surface area contributed by atoms with E-state index in [1.165, 1.54) is 4.90 Å². The maximum atomic E-state index is 11.7. The van der Waals surface area contributed by atoms with Crippen LogP contribution in [-0.4, -0.2) is 18.2 Å². The second-order valence-electron chi connectivity index (χ2n) is 4.43. The summed E-state index contributed by atoms with van der Waals surface area (Å²) in [4.78, 5) is 14.6. The van der Waals surface area contributed by atoms with Crippen molar-refractivity contribution in [2.75, 3.05) is 11.9 Å². The number of fused-ring (bicyclic) bond motifs is 1. The van der Waals surface area contributed by atoms with Gasteiger partial charge in [0.1, 0.15) is 6.04 Å². The summed E-state index contributed by atoms with van der Waals surface area (Å²) in [6.07, 6.45) is 1.13. The molecule has 1 heterocycles. The molecule has 4 heteroatoms. The van der Waals surface area contributed by atoms with Crippen molar-refractivity contribution in [3.8, 4) is 0 Å². The lowest BCUT2D eigenvalue weighted by molar-refractivity contribution is -0.118. The number of carbonyl (C=O) groups is 1. The van der Waals surface area contributed by atoms with E-state index in [0.29, 0.717) is 5.25 Å². The van der Waals surface area contributed by atoms with Crippen molar-refractivity contribution < 1.29 is 4.79 Å². The third kappa shape index (κ3) is 2.19. The third-order valence-corrected chi connectivity index (χ3v) is 4.47. The number of rotatable bonds is 3. The molecule has 1 amide bonds. The van der Waals surface area contributed by atoms with Gasteiger partial charge < -0.3 is 10.6 Å². The first-order chi connectivity index (χ1) is 8.04. The summed E-state index contributed by atoms with van der Waals surface area (Å²) in [6.45, 7) is 4.38. The van der Waals surface area contributed by atoms with E-state index in [9.17, 15) is 4.79 Å². The molecule has 2 rings (SSSR count). The Morgan fingerprint density at radius 3 is 2.88 bits per heavy atom. The molecule has 0 saturated carbocycles. The van der Waals surface area contributed by atoms with Crippen LogP contribution in [0.1, 0.15) is 31.9 Å². The summed E-state index contributed by atoms with van der Waals surface area (Å²) in [5.74, 6) is -0.0225. The fourth-order valence-corrected chi connectivity index (χ4v) is 2.88. The number of nitrogens with zero attached hydrogens (tertiary/aromatic N) is 1. The fraction of sp³-hybridized carbons (Fsp3) is 0.462. The van der Waals surface area contributed by atoms with E-state index in [2.05, 4.69) is 26.0 Å². The fourth-order valence-electron chi connectivity index (χ4n) is 1.93. The minimum atomic E-state index is -0.488. The maximum absolute atomic E-state index is 11.7. The second kappa shape index (κ2) is 4.70. The highest BCUT2D eigenvalue weighted by molar-refractivity contribution is 7.99. The number of amides is 1. The highest BCUT2D eigenvalue weighted by atomic mass is 32.2. The summed E-state index contributed by atoms with van der Waals surface area (Å²) in [6, 6.07) is 5.61. The van der Waals surface area contributed by atoms with Crippen molar-refractivity contribution in [3.63, 3.8) is 0 Å². The van der Waals surface area contributed by atoms with Gasteiger partial charge in [0.2, 0.25) is 5.91 Å². The molecule has 0 aromatic heterocycles. The van der Waals surface area contributed by atoms with Gasteiger partial charge in [-0.1, -0.05) is 19.9 Å². The molecule has 1 aliphatic heterocycles. The smallest absolute Gasteiger partial charge is 0.248 e. The molecule has 0 bridgehead atoms. The van der Waals surface area contributed by atoms with Gasteiger partial charge in [0.05, 0.1) is 0 Å². The topological polar surface area (TPSA) is 46.3 Å². The molecule has 2 N–H and O–H groups in total. The molecule has 0 aliphatic carbocycles.